The van der Waals surface area contributed by atoms with Crippen LogP contribution in [0.15, 0.2) is 12.1 Å². The number of hydrogen-bond donors (Lipinski definition) is 0. The Bertz CT molecular complexity index is 523. The van der Waals surface area contributed by atoms with Crippen LogP contribution in [0.2, 0.25) is 5.02 Å². The van der Waals surface area contributed by atoms with E-state index >= 15 is 0 Å². The first-order valence-electron chi connectivity index (χ1n) is 7.50. The van der Waals surface area contributed by atoms with Crippen molar-refractivity contribution in [2.75, 3.05) is 54.2 Å². The Kier molecular flexibility index (Phi) is 10.9. The van der Waals surface area contributed by atoms with E-state index in [2.05, 4.69) is 0 Å². The van der Waals surface area contributed by atoms with Crippen LogP contribution in [0.1, 0.15) is 6.92 Å². The zero-order valence-corrected chi connectivity index (χ0v) is 15.3. The number of methoxy groups -OCH3 is 2. The molecule has 0 aliphatic carbocycles. The first kappa shape index (κ1) is 21.5. The van der Waals surface area contributed by atoms with Gasteiger partial charge in [-0.05, 0) is 12.1 Å². The number of carbonyl (C=O) groups excluding carboxylic acids is 1. The Balaban J connectivity index is 2.74. The van der Waals surface area contributed by atoms with Crippen molar-refractivity contribution in [3.05, 3.63) is 17.2 Å². The fraction of sp³-hybridized carbons (Fsp3) is 0.562. The van der Waals surface area contributed by atoms with E-state index in [-0.39, 0.29) is 30.1 Å². The van der Waals surface area contributed by atoms with Crippen molar-refractivity contribution in [1.29, 1.82) is 0 Å². The van der Waals surface area contributed by atoms with E-state index < -0.39 is 5.97 Å². The molecule has 0 aliphatic rings. The molecule has 25 heavy (non-hydrogen) atoms. The van der Waals surface area contributed by atoms with Gasteiger partial charge in [0.2, 0.25) is 0 Å². The summed E-state index contributed by atoms with van der Waals surface area (Å²) in [6.45, 7) is 2.80. The Morgan fingerprint density at radius 3 is 2.04 bits per heavy atom. The minimum Gasteiger partial charge on any atom is -0.464 e. The molecule has 0 aliphatic heterocycles. The van der Waals surface area contributed by atoms with Crippen molar-refractivity contribution in [3.63, 3.8) is 0 Å². The predicted molar refractivity (Wildman–Crippen MR) is 89.4 cm³/mol. The summed E-state index contributed by atoms with van der Waals surface area (Å²) in [5.41, 5.74) is 0. The van der Waals surface area contributed by atoms with Gasteiger partial charge in [-0.15, -0.1) is 0 Å². The Morgan fingerprint density at radius 1 is 0.920 bits per heavy atom. The number of halogens is 1. The van der Waals surface area contributed by atoms with Crippen LogP contribution in [0.3, 0.4) is 0 Å². The summed E-state index contributed by atoms with van der Waals surface area (Å²) in [6.07, 6.45) is 0. The van der Waals surface area contributed by atoms with E-state index in [1.165, 1.54) is 13.0 Å². The molecule has 9 heteroatoms. The summed E-state index contributed by atoms with van der Waals surface area (Å²) >= 11 is 6.24. The second-order valence-electron chi connectivity index (χ2n) is 4.63. The molecule has 0 heterocycles. The first-order chi connectivity index (χ1) is 12.1. The van der Waals surface area contributed by atoms with Gasteiger partial charge in [0, 0.05) is 21.1 Å². The number of carbonyl (C=O) groups is 1. The molecular weight excluding hydrogens is 356 g/mol. The molecule has 142 valence electrons. The molecule has 8 nitrogen and oxygen atoms in total. The lowest BCUT2D eigenvalue weighted by Gasteiger charge is -2.16. The van der Waals surface area contributed by atoms with Gasteiger partial charge in [0.05, 0.1) is 26.4 Å². The zero-order chi connectivity index (χ0) is 18.5. The van der Waals surface area contributed by atoms with Gasteiger partial charge >= 0.3 is 5.97 Å². The van der Waals surface area contributed by atoms with Crippen molar-refractivity contribution < 1.29 is 38.0 Å². The van der Waals surface area contributed by atoms with Crippen LogP contribution in [0.5, 0.6) is 17.2 Å². The number of esters is 1. The monoisotopic (exact) mass is 378 g/mol. The molecule has 1 aromatic rings. The fourth-order valence-corrected chi connectivity index (χ4v) is 1.86. The SMILES string of the molecule is COCCOCOc1ccc(OC(C)=O)c(Cl)c1OCOCCOC. The van der Waals surface area contributed by atoms with E-state index in [0.29, 0.717) is 32.2 Å². The maximum Gasteiger partial charge on any atom is 0.308 e. The third-order valence-corrected chi connectivity index (χ3v) is 3.09. The van der Waals surface area contributed by atoms with Gasteiger partial charge in [-0.25, -0.2) is 0 Å². The number of hydrogen-bond acceptors (Lipinski definition) is 8. The quantitative estimate of drug-likeness (QED) is 0.224. The Morgan fingerprint density at radius 2 is 1.48 bits per heavy atom. The van der Waals surface area contributed by atoms with Gasteiger partial charge in [0.25, 0.3) is 0 Å². The minimum absolute atomic E-state index is 0.0203. The van der Waals surface area contributed by atoms with Crippen molar-refractivity contribution >= 4 is 17.6 Å². The van der Waals surface area contributed by atoms with Crippen LogP contribution in [0.25, 0.3) is 0 Å². The molecular formula is C16H23ClO8. The van der Waals surface area contributed by atoms with Crippen molar-refractivity contribution in [1.82, 2.24) is 0 Å². The highest BCUT2D eigenvalue weighted by Crippen LogP contribution is 2.41. The molecule has 0 saturated carbocycles. The molecule has 0 atom stereocenters. The van der Waals surface area contributed by atoms with Crippen LogP contribution in [0.4, 0.5) is 0 Å². The summed E-state index contributed by atoms with van der Waals surface area (Å²) in [4.78, 5) is 11.1. The molecule has 0 N–H and O–H groups in total. The summed E-state index contributed by atoms with van der Waals surface area (Å²) in [7, 11) is 3.15. The molecule has 1 aromatic carbocycles. The summed E-state index contributed by atoms with van der Waals surface area (Å²) in [5, 5.41) is 0.0972. The third-order valence-electron chi connectivity index (χ3n) is 2.73. The van der Waals surface area contributed by atoms with E-state index in [4.69, 9.17) is 44.8 Å². The molecule has 0 fully saturated rings. The van der Waals surface area contributed by atoms with Crippen LogP contribution in [-0.2, 0) is 23.7 Å². The maximum absolute atomic E-state index is 11.1. The average Bonchev–Trinajstić information content (AvgIpc) is 2.58. The Labute approximate surface area is 151 Å². The normalized spacial score (nSPS) is 10.6. The molecule has 0 unspecified atom stereocenters. The maximum atomic E-state index is 11.1. The van der Waals surface area contributed by atoms with E-state index in [1.807, 2.05) is 0 Å². The predicted octanol–water partition coefficient (Wildman–Crippen LogP) is 2.26. The van der Waals surface area contributed by atoms with Gasteiger partial charge in [-0.3, -0.25) is 4.79 Å². The highest BCUT2D eigenvalue weighted by Gasteiger charge is 2.17. The number of ether oxygens (including phenoxy) is 7. The lowest BCUT2D eigenvalue weighted by atomic mass is 10.3. The third kappa shape index (κ3) is 8.37. The topological polar surface area (TPSA) is 81.7 Å². The van der Waals surface area contributed by atoms with Crippen LogP contribution in [0, 0.1) is 0 Å². The van der Waals surface area contributed by atoms with E-state index in [9.17, 15) is 4.79 Å². The van der Waals surface area contributed by atoms with Crippen molar-refractivity contribution in [3.8, 4) is 17.2 Å². The van der Waals surface area contributed by atoms with Gasteiger partial charge in [-0.2, -0.15) is 0 Å². The molecule has 0 saturated heterocycles. The molecule has 0 aromatic heterocycles. The standard InChI is InChI=1S/C16H23ClO8/c1-12(18)25-13-4-5-14(23-10-21-8-6-19-2)16(15(13)17)24-11-22-9-7-20-3/h4-5H,6-11H2,1-3H3. The van der Waals surface area contributed by atoms with Crippen LogP contribution < -0.4 is 14.2 Å². The highest BCUT2D eigenvalue weighted by atomic mass is 35.5. The van der Waals surface area contributed by atoms with Crippen molar-refractivity contribution in [2.24, 2.45) is 0 Å². The van der Waals surface area contributed by atoms with E-state index in [0.717, 1.165) is 0 Å². The molecule has 0 spiro atoms. The van der Waals surface area contributed by atoms with Gasteiger partial charge in [0.15, 0.2) is 30.8 Å². The summed E-state index contributed by atoms with van der Waals surface area (Å²) < 4.78 is 36.3. The first-order valence-corrected chi connectivity index (χ1v) is 7.87. The highest BCUT2D eigenvalue weighted by molar-refractivity contribution is 6.33. The van der Waals surface area contributed by atoms with Gasteiger partial charge in [0.1, 0.15) is 5.02 Å². The second-order valence-corrected chi connectivity index (χ2v) is 5.00. The molecule has 0 radical (unpaired) electrons. The van der Waals surface area contributed by atoms with Gasteiger partial charge in [-0.1, -0.05) is 11.6 Å². The minimum atomic E-state index is -0.499. The zero-order valence-electron chi connectivity index (χ0n) is 14.5. The average molecular weight is 379 g/mol. The largest absolute Gasteiger partial charge is 0.464 e. The second kappa shape index (κ2) is 12.7. The summed E-state index contributed by atoms with van der Waals surface area (Å²) in [6, 6.07) is 3.07. The van der Waals surface area contributed by atoms with Crippen LogP contribution in [-0.4, -0.2) is 60.2 Å². The summed E-state index contributed by atoms with van der Waals surface area (Å²) in [5.74, 6) is 0.177. The Hall–Kier alpha value is -1.58. The lowest BCUT2D eigenvalue weighted by molar-refractivity contribution is -0.131. The lowest BCUT2D eigenvalue weighted by Crippen LogP contribution is -2.11. The molecule has 0 amide bonds. The van der Waals surface area contributed by atoms with E-state index in [1.54, 1.807) is 20.3 Å². The van der Waals surface area contributed by atoms with Crippen LogP contribution >= 0.6 is 11.6 Å². The fourth-order valence-electron chi connectivity index (χ4n) is 1.61. The number of rotatable bonds is 13. The van der Waals surface area contributed by atoms with Gasteiger partial charge < -0.3 is 33.2 Å². The molecule has 0 bridgehead atoms. The number of benzene rings is 1. The smallest absolute Gasteiger partial charge is 0.308 e. The molecule has 1 rings (SSSR count). The van der Waals surface area contributed by atoms with Crippen molar-refractivity contribution in [2.45, 2.75) is 6.92 Å².